The number of likely N-dealkylation sites (tertiary alicyclic amines) is 1. The first-order valence-corrected chi connectivity index (χ1v) is 9.67. The number of nitrogens with one attached hydrogen (secondary N) is 1. The summed E-state index contributed by atoms with van der Waals surface area (Å²) < 4.78 is 0. The second kappa shape index (κ2) is 7.92. The van der Waals surface area contributed by atoms with E-state index in [1.807, 2.05) is 4.90 Å². The lowest BCUT2D eigenvalue weighted by atomic mass is 10.1. The molecule has 0 radical (unpaired) electrons. The van der Waals surface area contributed by atoms with Gasteiger partial charge in [-0.25, -0.2) is 9.97 Å². The van der Waals surface area contributed by atoms with E-state index in [2.05, 4.69) is 15.3 Å². The fourth-order valence-electron chi connectivity index (χ4n) is 2.78. The Morgan fingerprint density at radius 2 is 2.00 bits per heavy atom. The Kier molecular flexibility index (Phi) is 5.63. The molecule has 26 heavy (non-hydrogen) atoms. The molecule has 3 rings (SSSR count). The van der Waals surface area contributed by atoms with Crippen molar-refractivity contribution in [2.45, 2.75) is 18.0 Å². The average molecular weight is 392 g/mol. The molecule has 1 aliphatic rings. The topological polar surface area (TPSA) is 101 Å². The molecule has 1 fully saturated rings. The molecule has 136 valence electrons. The van der Waals surface area contributed by atoms with Gasteiger partial charge in [-0.2, -0.15) is 0 Å². The van der Waals surface area contributed by atoms with Crippen LogP contribution in [0.25, 0.3) is 0 Å². The molecular formula is C17H18ClN5O2S. The maximum Gasteiger partial charge on any atom is 0.255 e. The fraction of sp³-hybridized carbons (Fsp3) is 0.294. The standard InChI is InChI=1S/C17H18ClN5O2S/c1-26-17-21-13(18)12(14(19)24)15(22-17)20-11-6-4-5-10(9-11)16(25)23-7-2-3-8-23/h4-6,9H,2-3,7-8H2,1H3,(H2,19,24)(H,20,21,22). The second-order valence-electron chi connectivity index (χ2n) is 5.79. The van der Waals surface area contributed by atoms with Crippen molar-refractivity contribution in [1.29, 1.82) is 0 Å². The molecule has 2 aromatic rings. The lowest BCUT2D eigenvalue weighted by Gasteiger charge is -2.16. The molecule has 1 aromatic carbocycles. The summed E-state index contributed by atoms with van der Waals surface area (Å²) in [7, 11) is 0. The van der Waals surface area contributed by atoms with Gasteiger partial charge in [-0.3, -0.25) is 9.59 Å². The van der Waals surface area contributed by atoms with E-state index < -0.39 is 5.91 Å². The number of halogens is 1. The summed E-state index contributed by atoms with van der Waals surface area (Å²) in [6.45, 7) is 1.56. The van der Waals surface area contributed by atoms with Gasteiger partial charge in [0, 0.05) is 24.3 Å². The minimum Gasteiger partial charge on any atom is -0.365 e. The summed E-state index contributed by atoms with van der Waals surface area (Å²) in [5.74, 6) is -0.520. The van der Waals surface area contributed by atoms with Gasteiger partial charge in [0.15, 0.2) is 5.16 Å². The molecule has 9 heteroatoms. The van der Waals surface area contributed by atoms with Crippen molar-refractivity contribution in [2.24, 2.45) is 5.73 Å². The minimum atomic E-state index is -0.727. The van der Waals surface area contributed by atoms with Gasteiger partial charge >= 0.3 is 0 Å². The van der Waals surface area contributed by atoms with Gasteiger partial charge in [-0.15, -0.1) is 0 Å². The van der Waals surface area contributed by atoms with Crippen molar-refractivity contribution in [3.05, 3.63) is 40.5 Å². The molecule has 0 atom stereocenters. The molecule has 0 aliphatic carbocycles. The fourth-order valence-corrected chi connectivity index (χ4v) is 3.46. The highest BCUT2D eigenvalue weighted by Gasteiger charge is 2.21. The molecule has 7 nitrogen and oxygen atoms in total. The molecule has 1 aromatic heterocycles. The van der Waals surface area contributed by atoms with Crippen molar-refractivity contribution in [3.63, 3.8) is 0 Å². The van der Waals surface area contributed by atoms with Gasteiger partial charge < -0.3 is 16.0 Å². The maximum atomic E-state index is 12.6. The molecule has 0 unspecified atom stereocenters. The Hall–Kier alpha value is -2.32. The number of nitrogens with two attached hydrogens (primary N) is 1. The average Bonchev–Trinajstić information content (AvgIpc) is 3.15. The van der Waals surface area contributed by atoms with Gasteiger partial charge in [-0.05, 0) is 37.3 Å². The SMILES string of the molecule is CSc1nc(Cl)c(C(N)=O)c(Nc2cccc(C(=O)N3CCCC3)c2)n1. The van der Waals surface area contributed by atoms with E-state index in [1.165, 1.54) is 11.8 Å². The summed E-state index contributed by atoms with van der Waals surface area (Å²) in [5.41, 5.74) is 6.61. The lowest BCUT2D eigenvalue weighted by Crippen LogP contribution is -2.27. The zero-order chi connectivity index (χ0) is 18.7. The summed E-state index contributed by atoms with van der Waals surface area (Å²) in [4.78, 5) is 34.4. The summed E-state index contributed by atoms with van der Waals surface area (Å²) in [5, 5.41) is 3.43. The van der Waals surface area contributed by atoms with Crippen LogP contribution in [-0.4, -0.2) is 46.0 Å². The maximum absolute atomic E-state index is 12.6. The zero-order valence-electron chi connectivity index (χ0n) is 14.2. The second-order valence-corrected chi connectivity index (χ2v) is 6.93. The Morgan fingerprint density at radius 1 is 1.27 bits per heavy atom. The van der Waals surface area contributed by atoms with Crippen LogP contribution in [0.5, 0.6) is 0 Å². The number of carbonyl (C=O) groups excluding carboxylic acids is 2. The molecule has 0 spiro atoms. The first-order chi connectivity index (χ1) is 12.5. The Labute approximate surface area is 160 Å². The molecule has 2 heterocycles. The summed E-state index contributed by atoms with van der Waals surface area (Å²) >= 11 is 7.37. The van der Waals surface area contributed by atoms with E-state index in [0.717, 1.165) is 25.9 Å². The van der Waals surface area contributed by atoms with Crippen molar-refractivity contribution in [3.8, 4) is 0 Å². The van der Waals surface area contributed by atoms with E-state index in [0.29, 0.717) is 16.4 Å². The van der Waals surface area contributed by atoms with Crippen LogP contribution in [0.4, 0.5) is 11.5 Å². The number of benzene rings is 1. The van der Waals surface area contributed by atoms with E-state index in [9.17, 15) is 9.59 Å². The molecule has 1 saturated heterocycles. The monoisotopic (exact) mass is 391 g/mol. The lowest BCUT2D eigenvalue weighted by molar-refractivity contribution is 0.0792. The minimum absolute atomic E-state index is 0.00759. The van der Waals surface area contributed by atoms with Crippen LogP contribution in [0, 0.1) is 0 Å². The highest BCUT2D eigenvalue weighted by atomic mass is 35.5. The number of hydrogen-bond acceptors (Lipinski definition) is 6. The largest absolute Gasteiger partial charge is 0.365 e. The van der Waals surface area contributed by atoms with E-state index in [-0.39, 0.29) is 22.4 Å². The number of carbonyl (C=O) groups is 2. The zero-order valence-corrected chi connectivity index (χ0v) is 15.7. The van der Waals surface area contributed by atoms with Crippen LogP contribution < -0.4 is 11.1 Å². The predicted octanol–water partition coefficient (Wildman–Crippen LogP) is 2.93. The van der Waals surface area contributed by atoms with Crippen LogP contribution in [0.3, 0.4) is 0 Å². The Morgan fingerprint density at radius 3 is 2.65 bits per heavy atom. The molecule has 0 saturated carbocycles. The summed E-state index contributed by atoms with van der Waals surface area (Å²) in [6.07, 6.45) is 3.86. The van der Waals surface area contributed by atoms with Gasteiger partial charge in [0.05, 0.1) is 0 Å². The van der Waals surface area contributed by atoms with Gasteiger partial charge in [-0.1, -0.05) is 29.4 Å². The third-order valence-electron chi connectivity index (χ3n) is 4.04. The van der Waals surface area contributed by atoms with Crippen molar-refractivity contribution < 1.29 is 9.59 Å². The van der Waals surface area contributed by atoms with Crippen molar-refractivity contribution in [2.75, 3.05) is 24.7 Å². The smallest absolute Gasteiger partial charge is 0.255 e. The van der Waals surface area contributed by atoms with E-state index in [1.54, 1.807) is 30.5 Å². The van der Waals surface area contributed by atoms with Gasteiger partial charge in [0.1, 0.15) is 16.5 Å². The van der Waals surface area contributed by atoms with Crippen LogP contribution in [0.1, 0.15) is 33.6 Å². The molecule has 0 bridgehead atoms. The highest BCUT2D eigenvalue weighted by Crippen LogP contribution is 2.27. The van der Waals surface area contributed by atoms with E-state index in [4.69, 9.17) is 17.3 Å². The number of primary amides is 1. The van der Waals surface area contributed by atoms with Crippen LogP contribution in [0.2, 0.25) is 5.15 Å². The Bertz CT molecular complexity index is 855. The molecule has 2 amide bonds. The molecule has 3 N–H and O–H groups in total. The number of rotatable bonds is 5. The number of hydrogen-bond donors (Lipinski definition) is 2. The predicted molar refractivity (Wildman–Crippen MR) is 102 cm³/mol. The van der Waals surface area contributed by atoms with Crippen LogP contribution in [0.15, 0.2) is 29.4 Å². The van der Waals surface area contributed by atoms with Crippen LogP contribution >= 0.6 is 23.4 Å². The number of aromatic nitrogens is 2. The molecule has 1 aliphatic heterocycles. The first kappa shape index (κ1) is 18.5. The number of nitrogens with zero attached hydrogens (tertiary/aromatic N) is 3. The first-order valence-electron chi connectivity index (χ1n) is 8.07. The Balaban J connectivity index is 1.92. The highest BCUT2D eigenvalue weighted by molar-refractivity contribution is 7.98. The van der Waals surface area contributed by atoms with Crippen molar-refractivity contribution >= 4 is 46.7 Å². The quantitative estimate of drug-likeness (QED) is 0.461. The number of thioether (sulfide) groups is 1. The van der Waals surface area contributed by atoms with E-state index >= 15 is 0 Å². The summed E-state index contributed by atoms with van der Waals surface area (Å²) in [6, 6.07) is 7.04. The third kappa shape index (κ3) is 3.91. The van der Waals surface area contributed by atoms with Gasteiger partial charge in [0.25, 0.3) is 11.8 Å². The van der Waals surface area contributed by atoms with Crippen molar-refractivity contribution in [1.82, 2.24) is 14.9 Å². The van der Waals surface area contributed by atoms with Crippen LogP contribution in [-0.2, 0) is 0 Å². The normalized spacial score (nSPS) is 13.7. The number of amides is 2. The number of anilines is 2. The molecular weight excluding hydrogens is 374 g/mol. The third-order valence-corrected chi connectivity index (χ3v) is 4.86. The van der Waals surface area contributed by atoms with Gasteiger partial charge in [0.2, 0.25) is 0 Å².